The normalized spacial score (nSPS) is 11.2. The average molecular weight is 340 g/mol. The molecule has 0 radical (unpaired) electrons. The van der Waals surface area contributed by atoms with Crippen LogP contribution in [0.15, 0.2) is 40.0 Å². The van der Waals surface area contributed by atoms with Crippen molar-refractivity contribution in [2.24, 2.45) is 7.05 Å². The number of nitrogens with zero attached hydrogens (tertiary/aromatic N) is 3. The third kappa shape index (κ3) is 3.59. The minimum atomic E-state index is -4.09. The summed E-state index contributed by atoms with van der Waals surface area (Å²) in [6.45, 7) is 2.18. The number of nitrogens with one attached hydrogen (secondary N) is 1. The summed E-state index contributed by atoms with van der Waals surface area (Å²) in [5.74, 6) is 0. The number of benzene rings is 1. The van der Waals surface area contributed by atoms with Gasteiger partial charge < -0.3 is 4.74 Å². The number of amides is 1. The van der Waals surface area contributed by atoms with Gasteiger partial charge in [-0.2, -0.15) is 0 Å². The first-order valence-electron chi connectivity index (χ1n) is 6.78. The number of ether oxygens (including phenoxy) is 1. The van der Waals surface area contributed by atoms with Gasteiger partial charge in [0.15, 0.2) is 0 Å². The first-order chi connectivity index (χ1) is 10.9. The van der Waals surface area contributed by atoms with Gasteiger partial charge in [-0.1, -0.05) is 25.1 Å². The first kappa shape index (κ1) is 16.7. The van der Waals surface area contributed by atoms with Crippen molar-refractivity contribution in [3.8, 4) is 6.01 Å². The maximum Gasteiger partial charge on any atom is 0.360 e. The highest BCUT2D eigenvalue weighted by atomic mass is 32.2. The van der Waals surface area contributed by atoms with Gasteiger partial charge in [-0.3, -0.25) is 0 Å². The summed E-state index contributed by atoms with van der Waals surface area (Å²) in [4.78, 5) is 23.9. The molecular formula is C13H16N4O5S. The van der Waals surface area contributed by atoms with Crippen LogP contribution in [0.2, 0.25) is 0 Å². The van der Waals surface area contributed by atoms with Crippen molar-refractivity contribution >= 4 is 16.1 Å². The second-order valence-corrected chi connectivity index (χ2v) is 6.29. The van der Waals surface area contributed by atoms with Gasteiger partial charge in [0.1, 0.15) is 0 Å². The Balaban J connectivity index is 2.26. The van der Waals surface area contributed by atoms with E-state index in [0.717, 1.165) is 4.57 Å². The molecule has 0 saturated carbocycles. The summed E-state index contributed by atoms with van der Waals surface area (Å²) in [5, 5.41) is 3.69. The van der Waals surface area contributed by atoms with E-state index in [1.54, 1.807) is 10.8 Å². The molecule has 1 amide bonds. The molecule has 23 heavy (non-hydrogen) atoms. The van der Waals surface area contributed by atoms with E-state index in [9.17, 15) is 18.0 Å². The number of sulfonamides is 1. The zero-order valence-corrected chi connectivity index (χ0v) is 13.4. The Hall–Kier alpha value is -2.62. The lowest BCUT2D eigenvalue weighted by molar-refractivity contribution is 0.242. The molecule has 0 atom stereocenters. The zero-order valence-electron chi connectivity index (χ0n) is 12.6. The van der Waals surface area contributed by atoms with Gasteiger partial charge >= 0.3 is 17.7 Å². The zero-order chi connectivity index (χ0) is 17.0. The quantitative estimate of drug-likeness (QED) is 0.839. The molecule has 0 saturated heterocycles. The van der Waals surface area contributed by atoms with Gasteiger partial charge in [-0.05, 0) is 18.6 Å². The van der Waals surface area contributed by atoms with Crippen LogP contribution in [0.5, 0.6) is 6.01 Å². The lowest BCUT2D eigenvalue weighted by Gasteiger charge is -2.05. The number of hydrogen-bond acceptors (Lipinski definition) is 6. The van der Waals surface area contributed by atoms with E-state index in [-0.39, 0.29) is 10.9 Å². The predicted molar refractivity (Wildman–Crippen MR) is 80.8 cm³/mol. The second-order valence-electron chi connectivity index (χ2n) is 4.61. The molecule has 0 unspecified atom stereocenters. The minimum Gasteiger partial charge on any atom is -0.464 e. The molecule has 1 aromatic carbocycles. The summed E-state index contributed by atoms with van der Waals surface area (Å²) in [6.07, 6.45) is 0.690. The van der Waals surface area contributed by atoms with E-state index in [1.807, 2.05) is 6.92 Å². The number of aromatic nitrogens is 3. The summed E-state index contributed by atoms with van der Waals surface area (Å²) in [5.41, 5.74) is -0.808. The fourth-order valence-electron chi connectivity index (χ4n) is 1.69. The van der Waals surface area contributed by atoms with Crippen LogP contribution in [0.4, 0.5) is 4.79 Å². The topological polar surface area (TPSA) is 112 Å². The summed E-state index contributed by atoms with van der Waals surface area (Å²) in [6, 6.07) is 6.08. The van der Waals surface area contributed by atoms with Crippen LogP contribution in [0.25, 0.3) is 0 Å². The minimum absolute atomic E-state index is 0.0656. The van der Waals surface area contributed by atoms with Crippen LogP contribution in [-0.2, 0) is 17.1 Å². The van der Waals surface area contributed by atoms with E-state index < -0.39 is 21.7 Å². The Bertz CT molecular complexity index is 854. The number of hydrogen-bond donors (Lipinski definition) is 1. The molecule has 1 heterocycles. The molecule has 1 N–H and O–H groups in total. The van der Waals surface area contributed by atoms with E-state index in [1.165, 1.54) is 31.3 Å². The highest BCUT2D eigenvalue weighted by Gasteiger charge is 2.23. The fraction of sp³-hybridized carbons (Fsp3) is 0.308. The molecular weight excluding hydrogens is 324 g/mol. The van der Waals surface area contributed by atoms with Crippen molar-refractivity contribution in [3.63, 3.8) is 0 Å². The average Bonchev–Trinajstić information content (AvgIpc) is 2.81. The van der Waals surface area contributed by atoms with E-state index in [4.69, 9.17) is 4.74 Å². The Morgan fingerprint density at radius 2 is 1.96 bits per heavy atom. The molecule has 124 valence electrons. The lowest BCUT2D eigenvalue weighted by Crippen LogP contribution is -2.40. The molecule has 1 aromatic heterocycles. The predicted octanol–water partition coefficient (Wildman–Crippen LogP) is 0.317. The van der Waals surface area contributed by atoms with Gasteiger partial charge in [0.25, 0.3) is 10.0 Å². The SMILES string of the molecule is CCCOc1nn(C(=O)NS(=O)(=O)c2ccccc2)c(=O)n1C. The molecule has 2 aromatic rings. The Morgan fingerprint density at radius 1 is 1.30 bits per heavy atom. The highest BCUT2D eigenvalue weighted by molar-refractivity contribution is 7.90. The lowest BCUT2D eigenvalue weighted by atomic mass is 10.4. The Kier molecular flexibility index (Phi) is 4.84. The molecule has 0 bridgehead atoms. The van der Waals surface area contributed by atoms with Gasteiger partial charge in [-0.15, -0.1) is 9.78 Å². The van der Waals surface area contributed by atoms with Crippen LogP contribution in [-0.4, -0.2) is 35.4 Å². The summed E-state index contributed by atoms with van der Waals surface area (Å²) in [7, 11) is -2.72. The summed E-state index contributed by atoms with van der Waals surface area (Å²) < 4.78 is 32.6. The Labute approximate surface area is 132 Å². The molecule has 0 fully saturated rings. The highest BCUT2D eigenvalue weighted by Crippen LogP contribution is 2.07. The maximum atomic E-state index is 12.1. The third-order valence-corrected chi connectivity index (χ3v) is 4.18. The molecule has 9 nitrogen and oxygen atoms in total. The van der Waals surface area contributed by atoms with E-state index in [2.05, 4.69) is 5.10 Å². The van der Waals surface area contributed by atoms with Crippen LogP contribution in [0, 0.1) is 0 Å². The standard InChI is InChI=1S/C13H16N4O5S/c1-3-9-22-12-14-17(13(19)16(12)2)11(18)15-23(20,21)10-7-5-4-6-8-10/h4-8H,3,9H2,1-2H3,(H,15,18). The van der Waals surface area contributed by atoms with E-state index in [0.29, 0.717) is 17.7 Å². The monoisotopic (exact) mass is 340 g/mol. The van der Waals surface area contributed by atoms with Gasteiger partial charge in [-0.25, -0.2) is 27.3 Å². The van der Waals surface area contributed by atoms with Crippen molar-refractivity contribution in [2.45, 2.75) is 18.2 Å². The molecule has 0 spiro atoms. The molecule has 0 aliphatic rings. The number of carbonyl (C=O) groups is 1. The fourth-order valence-corrected chi connectivity index (χ4v) is 2.64. The van der Waals surface area contributed by atoms with Crippen molar-refractivity contribution < 1.29 is 17.9 Å². The summed E-state index contributed by atoms with van der Waals surface area (Å²) >= 11 is 0. The van der Waals surface area contributed by atoms with Gasteiger partial charge in [0, 0.05) is 7.05 Å². The van der Waals surface area contributed by atoms with Gasteiger partial charge in [0.05, 0.1) is 11.5 Å². The molecule has 2 rings (SSSR count). The Morgan fingerprint density at radius 3 is 2.57 bits per heavy atom. The van der Waals surface area contributed by atoms with Gasteiger partial charge in [0.2, 0.25) is 0 Å². The third-order valence-electron chi connectivity index (χ3n) is 2.84. The smallest absolute Gasteiger partial charge is 0.360 e. The van der Waals surface area contributed by atoms with Crippen molar-refractivity contribution in [2.75, 3.05) is 6.61 Å². The van der Waals surface area contributed by atoms with Crippen molar-refractivity contribution in [1.29, 1.82) is 0 Å². The van der Waals surface area contributed by atoms with Crippen LogP contribution in [0.3, 0.4) is 0 Å². The number of rotatable bonds is 5. The largest absolute Gasteiger partial charge is 0.464 e. The number of carbonyl (C=O) groups excluding carboxylic acids is 1. The van der Waals surface area contributed by atoms with Crippen molar-refractivity contribution in [1.82, 2.24) is 19.1 Å². The molecule has 10 heteroatoms. The van der Waals surface area contributed by atoms with E-state index >= 15 is 0 Å². The first-order valence-corrected chi connectivity index (χ1v) is 8.26. The van der Waals surface area contributed by atoms with Crippen LogP contribution >= 0.6 is 0 Å². The second kappa shape index (κ2) is 6.65. The van der Waals surface area contributed by atoms with Crippen LogP contribution < -0.4 is 15.1 Å². The molecule has 0 aliphatic heterocycles. The van der Waals surface area contributed by atoms with Crippen molar-refractivity contribution in [3.05, 3.63) is 40.8 Å². The van der Waals surface area contributed by atoms with Crippen LogP contribution in [0.1, 0.15) is 13.3 Å². The maximum absolute atomic E-state index is 12.1. The molecule has 0 aliphatic carbocycles.